The average molecular weight is 417 g/mol. The lowest BCUT2D eigenvalue weighted by Gasteiger charge is -2.26. The Morgan fingerprint density at radius 3 is 2.52 bits per heavy atom. The maximum Gasteiger partial charge on any atom is 0.263 e. The molecule has 158 valence electrons. The van der Waals surface area contributed by atoms with Crippen molar-refractivity contribution in [1.29, 1.82) is 0 Å². The Morgan fingerprint density at radius 1 is 0.968 bits per heavy atom. The molecule has 4 aromatic rings. The molecule has 5 rings (SSSR count). The number of morpholine rings is 1. The largest absolute Gasteiger partial charge is 0.378 e. The van der Waals surface area contributed by atoms with Gasteiger partial charge in [0.25, 0.3) is 5.56 Å². The van der Waals surface area contributed by atoms with Crippen LogP contribution in [0.25, 0.3) is 16.7 Å². The van der Waals surface area contributed by atoms with Gasteiger partial charge in [0.15, 0.2) is 0 Å². The van der Waals surface area contributed by atoms with E-state index in [4.69, 9.17) is 4.74 Å². The summed E-state index contributed by atoms with van der Waals surface area (Å²) in [5, 5.41) is 9.31. The summed E-state index contributed by atoms with van der Waals surface area (Å²) in [4.78, 5) is 27.7. The minimum Gasteiger partial charge on any atom is -0.378 e. The molecule has 0 saturated carbocycles. The maximum atomic E-state index is 13.2. The van der Waals surface area contributed by atoms with E-state index in [-0.39, 0.29) is 11.5 Å². The first kappa shape index (κ1) is 19.4. The zero-order valence-electron chi connectivity index (χ0n) is 17.1. The number of ether oxygens (including phenoxy) is 1. The third-order valence-electron chi connectivity index (χ3n) is 5.68. The fourth-order valence-corrected chi connectivity index (χ4v) is 4.07. The Bertz CT molecular complexity index is 1290. The molecule has 1 amide bonds. The second-order valence-electron chi connectivity index (χ2n) is 7.64. The van der Waals surface area contributed by atoms with Crippen LogP contribution in [0, 0.1) is 0 Å². The van der Waals surface area contributed by atoms with Crippen LogP contribution < -0.4 is 5.56 Å². The highest BCUT2D eigenvalue weighted by molar-refractivity contribution is 5.80. The van der Waals surface area contributed by atoms with E-state index in [1.165, 1.54) is 0 Å². The van der Waals surface area contributed by atoms with Gasteiger partial charge in [-0.25, -0.2) is 0 Å². The van der Waals surface area contributed by atoms with Gasteiger partial charge in [0.05, 0.1) is 30.7 Å². The normalized spacial score (nSPS) is 14.4. The highest BCUT2D eigenvalue weighted by Crippen LogP contribution is 2.17. The van der Waals surface area contributed by atoms with Gasteiger partial charge in [-0.05, 0) is 17.7 Å². The molecule has 0 aliphatic carbocycles. The van der Waals surface area contributed by atoms with Crippen molar-refractivity contribution in [2.45, 2.75) is 19.4 Å². The van der Waals surface area contributed by atoms with Gasteiger partial charge in [0, 0.05) is 25.9 Å². The summed E-state index contributed by atoms with van der Waals surface area (Å²) in [5.41, 5.74) is 1.66. The lowest BCUT2D eigenvalue weighted by Crippen LogP contribution is -2.40. The van der Waals surface area contributed by atoms with E-state index in [2.05, 4.69) is 10.2 Å². The van der Waals surface area contributed by atoms with Crippen molar-refractivity contribution in [2.24, 2.45) is 0 Å². The van der Waals surface area contributed by atoms with Crippen LogP contribution in [-0.2, 0) is 22.5 Å². The van der Waals surface area contributed by atoms with Crippen LogP contribution >= 0.6 is 0 Å². The fraction of sp³-hybridized carbons (Fsp3) is 0.304. The Labute approximate surface area is 178 Å². The van der Waals surface area contributed by atoms with E-state index < -0.39 is 0 Å². The van der Waals surface area contributed by atoms with Crippen LogP contribution in [0.1, 0.15) is 17.8 Å². The molecule has 0 spiro atoms. The van der Waals surface area contributed by atoms with Crippen molar-refractivity contribution < 1.29 is 9.53 Å². The third kappa shape index (κ3) is 3.70. The number of carbonyl (C=O) groups is 1. The van der Waals surface area contributed by atoms with Crippen LogP contribution in [0.2, 0.25) is 0 Å². The first-order valence-corrected chi connectivity index (χ1v) is 10.5. The number of aromatic nitrogens is 4. The standard InChI is InChI=1S/C23H23N5O3/c29-21(26-12-14-31-15-13-26)11-10-20-24-25-23-27(16-17-6-2-1-3-7-17)22(30)18-8-4-5-9-19(18)28(20)23/h1-9H,10-16H2. The molecule has 0 bridgehead atoms. The van der Waals surface area contributed by atoms with E-state index >= 15 is 0 Å². The monoisotopic (exact) mass is 417 g/mol. The zero-order chi connectivity index (χ0) is 21.2. The predicted octanol–water partition coefficient (Wildman–Crippen LogP) is 1.88. The Kier molecular flexibility index (Phi) is 5.21. The van der Waals surface area contributed by atoms with E-state index in [9.17, 15) is 9.59 Å². The van der Waals surface area contributed by atoms with Crippen molar-refractivity contribution in [3.05, 3.63) is 76.3 Å². The number of fused-ring (bicyclic) bond motifs is 3. The van der Waals surface area contributed by atoms with Crippen LogP contribution in [0.15, 0.2) is 59.4 Å². The van der Waals surface area contributed by atoms with E-state index in [0.29, 0.717) is 62.7 Å². The van der Waals surface area contributed by atoms with Gasteiger partial charge in [0.1, 0.15) is 5.82 Å². The molecule has 3 heterocycles. The lowest BCUT2D eigenvalue weighted by molar-refractivity contribution is -0.135. The molecule has 2 aromatic heterocycles. The van der Waals surface area contributed by atoms with Gasteiger partial charge in [-0.15, -0.1) is 10.2 Å². The van der Waals surface area contributed by atoms with Crippen LogP contribution in [0.3, 0.4) is 0 Å². The van der Waals surface area contributed by atoms with Crippen LogP contribution in [0.4, 0.5) is 0 Å². The predicted molar refractivity (Wildman–Crippen MR) is 116 cm³/mol. The van der Waals surface area contributed by atoms with Crippen LogP contribution in [-0.4, -0.2) is 56.3 Å². The molecule has 31 heavy (non-hydrogen) atoms. The molecule has 1 fully saturated rings. The van der Waals surface area contributed by atoms with Crippen molar-refractivity contribution in [2.75, 3.05) is 26.3 Å². The smallest absolute Gasteiger partial charge is 0.263 e. The summed E-state index contributed by atoms with van der Waals surface area (Å²) in [7, 11) is 0. The van der Waals surface area contributed by atoms with Gasteiger partial charge in [-0.1, -0.05) is 42.5 Å². The van der Waals surface area contributed by atoms with E-state index in [0.717, 1.165) is 11.1 Å². The Hall–Kier alpha value is -3.52. The van der Waals surface area contributed by atoms with Crippen molar-refractivity contribution in [3.63, 3.8) is 0 Å². The zero-order valence-corrected chi connectivity index (χ0v) is 17.1. The fourth-order valence-electron chi connectivity index (χ4n) is 4.07. The van der Waals surface area contributed by atoms with Gasteiger partial charge < -0.3 is 9.64 Å². The molecule has 0 N–H and O–H groups in total. The number of hydrogen-bond acceptors (Lipinski definition) is 5. The van der Waals surface area contributed by atoms with Gasteiger partial charge in [-0.3, -0.25) is 18.6 Å². The molecule has 0 atom stereocenters. The molecule has 1 saturated heterocycles. The van der Waals surface area contributed by atoms with Crippen molar-refractivity contribution in [1.82, 2.24) is 24.1 Å². The number of benzene rings is 2. The molecule has 0 radical (unpaired) electrons. The molecule has 1 aliphatic rings. The van der Waals surface area contributed by atoms with Crippen LogP contribution in [0.5, 0.6) is 0 Å². The number of amides is 1. The average Bonchev–Trinajstić information content (AvgIpc) is 3.25. The number of para-hydroxylation sites is 1. The molecule has 8 heteroatoms. The molecule has 2 aromatic carbocycles. The highest BCUT2D eigenvalue weighted by Gasteiger charge is 2.20. The molecule has 0 unspecified atom stereocenters. The number of carbonyl (C=O) groups excluding carboxylic acids is 1. The summed E-state index contributed by atoms with van der Waals surface area (Å²) in [6, 6.07) is 17.3. The van der Waals surface area contributed by atoms with Gasteiger partial charge in [-0.2, -0.15) is 0 Å². The van der Waals surface area contributed by atoms with Gasteiger partial charge in [0.2, 0.25) is 11.7 Å². The number of aryl methyl sites for hydroxylation is 1. The summed E-state index contributed by atoms with van der Waals surface area (Å²) in [6.07, 6.45) is 0.790. The molecule has 1 aliphatic heterocycles. The number of hydrogen-bond donors (Lipinski definition) is 0. The van der Waals surface area contributed by atoms with E-state index in [1.807, 2.05) is 63.9 Å². The number of nitrogens with zero attached hydrogens (tertiary/aromatic N) is 5. The topological polar surface area (TPSA) is 81.7 Å². The second kappa shape index (κ2) is 8.31. The molecule has 8 nitrogen and oxygen atoms in total. The van der Waals surface area contributed by atoms with E-state index in [1.54, 1.807) is 4.57 Å². The summed E-state index contributed by atoms with van der Waals surface area (Å²) in [5.74, 6) is 1.25. The molecular formula is C23H23N5O3. The Morgan fingerprint density at radius 2 is 1.71 bits per heavy atom. The summed E-state index contributed by atoms with van der Waals surface area (Å²) >= 11 is 0. The summed E-state index contributed by atoms with van der Waals surface area (Å²) in [6.45, 7) is 2.81. The molecular weight excluding hydrogens is 394 g/mol. The van der Waals surface area contributed by atoms with Crippen molar-refractivity contribution in [3.8, 4) is 0 Å². The minimum atomic E-state index is -0.102. The highest BCUT2D eigenvalue weighted by atomic mass is 16.5. The van der Waals surface area contributed by atoms with Gasteiger partial charge >= 0.3 is 0 Å². The van der Waals surface area contributed by atoms with Crippen molar-refractivity contribution >= 4 is 22.6 Å². The lowest BCUT2D eigenvalue weighted by atomic mass is 10.2. The third-order valence-corrected chi connectivity index (χ3v) is 5.68. The minimum absolute atomic E-state index is 0.0852. The second-order valence-corrected chi connectivity index (χ2v) is 7.64. The number of rotatable bonds is 5. The Balaban J connectivity index is 1.54. The SMILES string of the molecule is O=C(CCc1nnc2n(Cc3ccccc3)c(=O)c3ccccc3n12)N1CCOCC1. The quantitative estimate of drug-likeness (QED) is 0.495. The maximum absolute atomic E-state index is 13.2. The summed E-state index contributed by atoms with van der Waals surface area (Å²) < 4.78 is 8.89. The first-order chi connectivity index (χ1) is 15.2. The first-order valence-electron chi connectivity index (χ1n) is 10.5.